The quantitative estimate of drug-likeness (QED) is 0.888. The summed E-state index contributed by atoms with van der Waals surface area (Å²) >= 11 is 0. The lowest BCUT2D eigenvalue weighted by Gasteiger charge is -2.32. The molecule has 0 bridgehead atoms. The van der Waals surface area contributed by atoms with Gasteiger partial charge in [0.2, 0.25) is 5.91 Å². The van der Waals surface area contributed by atoms with E-state index in [4.69, 9.17) is 10.5 Å². The Morgan fingerprint density at radius 3 is 2.60 bits per heavy atom. The summed E-state index contributed by atoms with van der Waals surface area (Å²) < 4.78 is 5.32. The number of nitrogens with two attached hydrogens (primary N) is 1. The first-order valence-electron chi connectivity index (χ1n) is 7.32. The molecule has 4 heteroatoms. The van der Waals surface area contributed by atoms with Crippen LogP contribution in [0.4, 0.5) is 0 Å². The van der Waals surface area contributed by atoms with E-state index in [0.29, 0.717) is 12.5 Å². The predicted molar refractivity (Wildman–Crippen MR) is 79.3 cm³/mol. The van der Waals surface area contributed by atoms with Crippen molar-refractivity contribution in [1.29, 1.82) is 0 Å². The zero-order chi connectivity index (χ0) is 14.4. The Labute approximate surface area is 120 Å². The average Bonchev–Trinajstić information content (AvgIpc) is 2.53. The van der Waals surface area contributed by atoms with Gasteiger partial charge in [-0.1, -0.05) is 30.3 Å². The highest BCUT2D eigenvalue weighted by molar-refractivity contribution is 5.81. The van der Waals surface area contributed by atoms with Crippen molar-refractivity contribution in [3.63, 3.8) is 0 Å². The molecule has 1 amide bonds. The lowest BCUT2D eigenvalue weighted by Crippen LogP contribution is -2.48. The lowest BCUT2D eigenvalue weighted by molar-refractivity contribution is -0.135. The first kappa shape index (κ1) is 15.0. The molecule has 1 atom stereocenters. The number of hydrogen-bond acceptors (Lipinski definition) is 3. The maximum Gasteiger partial charge on any atom is 0.239 e. The van der Waals surface area contributed by atoms with Crippen molar-refractivity contribution in [2.45, 2.75) is 37.8 Å². The molecular weight excluding hydrogens is 252 g/mol. The molecular formula is C16H24N2O2. The molecule has 2 rings (SSSR count). The van der Waals surface area contributed by atoms with Crippen molar-refractivity contribution < 1.29 is 9.53 Å². The van der Waals surface area contributed by atoms with Crippen molar-refractivity contribution >= 4 is 5.91 Å². The molecule has 1 aromatic rings. The van der Waals surface area contributed by atoms with Gasteiger partial charge in [0.15, 0.2) is 0 Å². The van der Waals surface area contributed by atoms with Gasteiger partial charge in [0, 0.05) is 20.2 Å². The Kier molecular flexibility index (Phi) is 5.56. The number of aryl methyl sites for hydroxylation is 1. The van der Waals surface area contributed by atoms with Gasteiger partial charge in [-0.05, 0) is 31.2 Å². The summed E-state index contributed by atoms with van der Waals surface area (Å²) in [5, 5.41) is 0. The van der Waals surface area contributed by atoms with Crippen LogP contribution in [0.3, 0.4) is 0 Å². The van der Waals surface area contributed by atoms with Gasteiger partial charge < -0.3 is 15.4 Å². The van der Waals surface area contributed by atoms with Crippen LogP contribution in [0.5, 0.6) is 0 Å². The number of hydrogen-bond donors (Lipinski definition) is 1. The fourth-order valence-electron chi connectivity index (χ4n) is 2.64. The van der Waals surface area contributed by atoms with Crippen molar-refractivity contribution in [1.82, 2.24) is 4.90 Å². The highest BCUT2D eigenvalue weighted by Crippen LogP contribution is 2.14. The van der Waals surface area contributed by atoms with E-state index in [1.807, 2.05) is 23.1 Å². The first-order chi connectivity index (χ1) is 9.70. The second-order valence-electron chi connectivity index (χ2n) is 5.39. The number of ether oxygens (including phenoxy) is 1. The fraction of sp³-hybridized carbons (Fsp3) is 0.562. The van der Waals surface area contributed by atoms with Crippen LogP contribution in [-0.2, 0) is 16.0 Å². The summed E-state index contributed by atoms with van der Waals surface area (Å²) in [6, 6.07) is 9.77. The summed E-state index contributed by atoms with van der Waals surface area (Å²) in [6.45, 7) is 1.52. The predicted octanol–water partition coefficient (Wildman–Crippen LogP) is 1.58. The van der Waals surface area contributed by atoms with E-state index in [-0.39, 0.29) is 5.91 Å². The maximum atomic E-state index is 12.3. The number of piperidine rings is 1. The van der Waals surface area contributed by atoms with E-state index < -0.39 is 6.04 Å². The highest BCUT2D eigenvalue weighted by atomic mass is 16.5. The Hall–Kier alpha value is -1.39. The van der Waals surface area contributed by atoms with Gasteiger partial charge in [-0.3, -0.25) is 4.79 Å². The normalized spacial score (nSPS) is 18.0. The summed E-state index contributed by atoms with van der Waals surface area (Å²) in [5.41, 5.74) is 7.27. The molecule has 0 spiro atoms. The van der Waals surface area contributed by atoms with Gasteiger partial charge in [0.25, 0.3) is 0 Å². The Morgan fingerprint density at radius 2 is 2.00 bits per heavy atom. The number of likely N-dealkylation sites (tertiary alicyclic amines) is 1. The second-order valence-corrected chi connectivity index (χ2v) is 5.39. The van der Waals surface area contributed by atoms with Gasteiger partial charge in [-0.25, -0.2) is 0 Å². The molecule has 1 fully saturated rings. The van der Waals surface area contributed by atoms with Crippen LogP contribution < -0.4 is 5.73 Å². The molecule has 1 heterocycles. The third kappa shape index (κ3) is 4.05. The fourth-order valence-corrected chi connectivity index (χ4v) is 2.64. The molecule has 0 aliphatic carbocycles. The van der Waals surface area contributed by atoms with E-state index in [0.717, 1.165) is 32.4 Å². The van der Waals surface area contributed by atoms with Crippen LogP contribution in [0.25, 0.3) is 0 Å². The van der Waals surface area contributed by atoms with E-state index in [2.05, 4.69) is 12.1 Å². The van der Waals surface area contributed by atoms with Crippen molar-refractivity contribution in [2.24, 2.45) is 5.73 Å². The monoisotopic (exact) mass is 276 g/mol. The minimum absolute atomic E-state index is 0.0792. The summed E-state index contributed by atoms with van der Waals surface area (Å²) in [6.07, 6.45) is 3.66. The van der Waals surface area contributed by atoms with Crippen LogP contribution >= 0.6 is 0 Å². The minimum Gasteiger partial charge on any atom is -0.381 e. The second kappa shape index (κ2) is 7.41. The van der Waals surface area contributed by atoms with E-state index >= 15 is 0 Å². The van der Waals surface area contributed by atoms with Crippen LogP contribution in [-0.4, -0.2) is 43.2 Å². The van der Waals surface area contributed by atoms with Crippen molar-refractivity contribution in [3.05, 3.63) is 35.9 Å². The summed E-state index contributed by atoms with van der Waals surface area (Å²) in [5.74, 6) is 0.0792. The summed E-state index contributed by atoms with van der Waals surface area (Å²) in [4.78, 5) is 14.2. The number of carbonyl (C=O) groups excluding carboxylic acids is 1. The Morgan fingerprint density at radius 1 is 1.35 bits per heavy atom. The smallest absolute Gasteiger partial charge is 0.239 e. The third-order valence-corrected chi connectivity index (χ3v) is 3.99. The molecule has 0 saturated carbocycles. The number of amides is 1. The Balaban J connectivity index is 1.77. The maximum absolute atomic E-state index is 12.3. The molecule has 0 aromatic heterocycles. The van der Waals surface area contributed by atoms with Gasteiger partial charge >= 0.3 is 0 Å². The molecule has 1 aliphatic rings. The van der Waals surface area contributed by atoms with E-state index in [9.17, 15) is 4.79 Å². The number of nitrogens with zero attached hydrogens (tertiary/aromatic N) is 1. The van der Waals surface area contributed by atoms with Crippen LogP contribution in [0.15, 0.2) is 30.3 Å². The van der Waals surface area contributed by atoms with E-state index in [1.165, 1.54) is 5.56 Å². The average molecular weight is 276 g/mol. The molecule has 110 valence electrons. The van der Waals surface area contributed by atoms with Crippen molar-refractivity contribution in [2.75, 3.05) is 20.2 Å². The standard InChI is InChI=1S/C16H24N2O2/c1-20-14-9-11-18(12-10-14)16(19)15(17)8-7-13-5-3-2-4-6-13/h2-6,14-15H,7-12,17H2,1H3. The van der Waals surface area contributed by atoms with Crippen LogP contribution in [0.2, 0.25) is 0 Å². The Bertz CT molecular complexity index is 414. The van der Waals surface area contributed by atoms with Gasteiger partial charge in [-0.2, -0.15) is 0 Å². The first-order valence-corrected chi connectivity index (χ1v) is 7.32. The van der Waals surface area contributed by atoms with E-state index in [1.54, 1.807) is 7.11 Å². The lowest BCUT2D eigenvalue weighted by atomic mass is 10.0. The molecule has 0 radical (unpaired) electrons. The zero-order valence-electron chi connectivity index (χ0n) is 12.1. The largest absolute Gasteiger partial charge is 0.381 e. The number of rotatable bonds is 5. The van der Waals surface area contributed by atoms with Crippen molar-refractivity contribution in [3.8, 4) is 0 Å². The van der Waals surface area contributed by atoms with Crippen LogP contribution in [0.1, 0.15) is 24.8 Å². The van der Waals surface area contributed by atoms with Gasteiger partial charge in [0.05, 0.1) is 12.1 Å². The highest BCUT2D eigenvalue weighted by Gasteiger charge is 2.25. The molecule has 2 N–H and O–H groups in total. The molecule has 20 heavy (non-hydrogen) atoms. The number of carbonyl (C=O) groups is 1. The minimum atomic E-state index is -0.394. The molecule has 1 saturated heterocycles. The third-order valence-electron chi connectivity index (χ3n) is 3.99. The molecule has 4 nitrogen and oxygen atoms in total. The zero-order valence-corrected chi connectivity index (χ0v) is 12.1. The molecule has 1 unspecified atom stereocenters. The van der Waals surface area contributed by atoms with Gasteiger partial charge in [0.1, 0.15) is 0 Å². The topological polar surface area (TPSA) is 55.6 Å². The molecule has 1 aromatic carbocycles. The number of benzene rings is 1. The summed E-state index contributed by atoms with van der Waals surface area (Å²) in [7, 11) is 1.73. The number of methoxy groups -OCH3 is 1. The molecule has 1 aliphatic heterocycles. The van der Waals surface area contributed by atoms with Crippen LogP contribution in [0, 0.1) is 0 Å². The SMILES string of the molecule is COC1CCN(C(=O)C(N)CCc2ccccc2)CC1. The van der Waals surface area contributed by atoms with Gasteiger partial charge in [-0.15, -0.1) is 0 Å².